The van der Waals surface area contributed by atoms with E-state index in [4.69, 9.17) is 21.1 Å². The van der Waals surface area contributed by atoms with Crippen LogP contribution in [0.4, 0.5) is 11.6 Å². The highest BCUT2D eigenvalue weighted by Gasteiger charge is 2.36. The van der Waals surface area contributed by atoms with Gasteiger partial charge in [0.1, 0.15) is 0 Å². The van der Waals surface area contributed by atoms with Gasteiger partial charge in [0.15, 0.2) is 11.9 Å². The van der Waals surface area contributed by atoms with Gasteiger partial charge in [-0.1, -0.05) is 23.7 Å². The maximum Gasteiger partial charge on any atom is 0.337 e. The largest absolute Gasteiger partial charge is 0.494 e. The molecule has 0 amide bonds. The molecule has 1 atom stereocenters. The zero-order valence-electron chi connectivity index (χ0n) is 21.6. The first-order chi connectivity index (χ1) is 18.4. The van der Waals surface area contributed by atoms with Gasteiger partial charge in [0, 0.05) is 34.8 Å². The molecule has 1 aliphatic heterocycles. The minimum atomic E-state index is -1.12. The van der Waals surface area contributed by atoms with Crippen molar-refractivity contribution < 1.29 is 19.4 Å². The summed E-state index contributed by atoms with van der Waals surface area (Å²) in [7, 11) is 1.58. The maximum absolute atomic E-state index is 12.8. The highest BCUT2D eigenvalue weighted by Crippen LogP contribution is 2.49. The number of methoxy groups -OCH3 is 1. The second-order valence-corrected chi connectivity index (χ2v) is 10.5. The van der Waals surface area contributed by atoms with Gasteiger partial charge < -0.3 is 24.0 Å². The summed E-state index contributed by atoms with van der Waals surface area (Å²) in [6, 6.07) is 9.71. The molecule has 196 valence electrons. The Balaban J connectivity index is 1.64. The Bertz CT molecular complexity index is 1530. The molecule has 0 bridgehead atoms. The van der Waals surface area contributed by atoms with Gasteiger partial charge in [0.05, 0.1) is 37.3 Å². The van der Waals surface area contributed by atoms with E-state index in [0.717, 1.165) is 58.4 Å². The number of carboxylic acids is 1. The van der Waals surface area contributed by atoms with Gasteiger partial charge in [-0.15, -0.1) is 0 Å². The molecule has 9 heteroatoms. The number of aryl methyl sites for hydroxylation is 1. The van der Waals surface area contributed by atoms with Crippen LogP contribution < -0.4 is 9.64 Å². The fraction of sp³-hybridized carbons (Fsp3) is 0.345. The number of ether oxygens (including phenoxy) is 2. The van der Waals surface area contributed by atoms with E-state index in [9.17, 15) is 9.90 Å². The molecular weight excluding hydrogens is 504 g/mol. The molecule has 1 aliphatic carbocycles. The van der Waals surface area contributed by atoms with E-state index in [1.807, 2.05) is 31.2 Å². The molecule has 0 unspecified atom stereocenters. The van der Waals surface area contributed by atoms with Crippen LogP contribution >= 0.6 is 11.6 Å². The number of carbonyl (C=O) groups is 1. The van der Waals surface area contributed by atoms with E-state index >= 15 is 0 Å². The van der Waals surface area contributed by atoms with Crippen LogP contribution in [0.3, 0.4) is 0 Å². The molecule has 2 aliphatic rings. The summed E-state index contributed by atoms with van der Waals surface area (Å²) in [5, 5.41) is 12.0. The Kier molecular flexibility index (Phi) is 6.24. The smallest absolute Gasteiger partial charge is 0.337 e. The van der Waals surface area contributed by atoms with E-state index in [1.165, 1.54) is 0 Å². The average Bonchev–Trinajstić information content (AvgIpc) is 3.69. The molecule has 1 fully saturated rings. The molecule has 4 aromatic rings. The first-order valence-corrected chi connectivity index (χ1v) is 13.2. The molecule has 3 heterocycles. The molecule has 2 aromatic heterocycles. The third-order valence-corrected chi connectivity index (χ3v) is 7.80. The number of rotatable bonds is 8. The molecule has 1 saturated carbocycles. The van der Waals surface area contributed by atoms with Gasteiger partial charge in [-0.3, -0.25) is 0 Å². The summed E-state index contributed by atoms with van der Waals surface area (Å²) in [6.45, 7) is 5.88. The number of anilines is 2. The van der Waals surface area contributed by atoms with Gasteiger partial charge in [0.2, 0.25) is 5.95 Å². The molecule has 0 radical (unpaired) electrons. The minimum Gasteiger partial charge on any atom is -0.494 e. The van der Waals surface area contributed by atoms with Crippen molar-refractivity contribution in [3.05, 3.63) is 64.6 Å². The third-order valence-electron chi connectivity index (χ3n) is 7.55. The second kappa shape index (κ2) is 9.60. The summed E-state index contributed by atoms with van der Waals surface area (Å²) in [5.41, 5.74) is 6.29. The summed E-state index contributed by atoms with van der Waals surface area (Å²) in [4.78, 5) is 24.0. The maximum atomic E-state index is 12.8. The topological polar surface area (TPSA) is 89.7 Å². The van der Waals surface area contributed by atoms with Gasteiger partial charge in [-0.05, 0) is 67.5 Å². The Morgan fingerprint density at radius 3 is 2.50 bits per heavy atom. The molecule has 6 rings (SSSR count). The van der Waals surface area contributed by atoms with E-state index in [1.54, 1.807) is 19.5 Å². The molecule has 0 spiro atoms. The normalized spacial score (nSPS) is 15.6. The lowest BCUT2D eigenvalue weighted by Gasteiger charge is -2.33. The van der Waals surface area contributed by atoms with E-state index < -0.39 is 12.1 Å². The predicted octanol–water partition coefficient (Wildman–Crippen LogP) is 6.08. The van der Waals surface area contributed by atoms with Crippen molar-refractivity contribution in [1.82, 2.24) is 14.5 Å². The van der Waals surface area contributed by atoms with Crippen molar-refractivity contribution in [2.24, 2.45) is 5.92 Å². The van der Waals surface area contributed by atoms with Crippen LogP contribution in [0.15, 0.2) is 42.7 Å². The van der Waals surface area contributed by atoms with Crippen LogP contribution in [0.2, 0.25) is 5.02 Å². The summed E-state index contributed by atoms with van der Waals surface area (Å²) in [5.74, 6) is 0.529. The SMILES string of the molecule is COc1cnc(N2CCn3c(C)cc4c(-c5ccc(Cl)cc5)c([C@H](OCC5CC5)C(=O)O)c(C)c2c43)nc1. The van der Waals surface area contributed by atoms with Crippen molar-refractivity contribution in [2.45, 2.75) is 39.3 Å². The molecular formula is C29H29ClN4O4. The molecule has 38 heavy (non-hydrogen) atoms. The fourth-order valence-corrected chi connectivity index (χ4v) is 5.62. The van der Waals surface area contributed by atoms with E-state index in [0.29, 0.717) is 41.4 Å². The monoisotopic (exact) mass is 532 g/mol. The first kappa shape index (κ1) is 24.7. The zero-order valence-corrected chi connectivity index (χ0v) is 22.3. The number of carboxylic acid groups (broad SMARTS) is 1. The van der Waals surface area contributed by atoms with Gasteiger partial charge >= 0.3 is 5.97 Å². The average molecular weight is 533 g/mol. The number of aliphatic carboxylic acids is 1. The van der Waals surface area contributed by atoms with E-state index in [-0.39, 0.29) is 0 Å². The van der Waals surface area contributed by atoms with Crippen molar-refractivity contribution in [1.29, 1.82) is 0 Å². The number of hydrogen-bond donors (Lipinski definition) is 1. The van der Waals surface area contributed by atoms with Crippen molar-refractivity contribution in [3.8, 4) is 16.9 Å². The summed E-state index contributed by atoms with van der Waals surface area (Å²) in [6.07, 6.45) is 4.32. The predicted molar refractivity (Wildman–Crippen MR) is 147 cm³/mol. The summed E-state index contributed by atoms with van der Waals surface area (Å²) >= 11 is 6.24. The minimum absolute atomic E-state index is 0.422. The second-order valence-electron chi connectivity index (χ2n) is 10.0. The van der Waals surface area contributed by atoms with E-state index in [2.05, 4.69) is 32.4 Å². The van der Waals surface area contributed by atoms with Crippen LogP contribution in [-0.4, -0.2) is 45.9 Å². The zero-order chi connectivity index (χ0) is 26.6. The molecule has 0 saturated heterocycles. The van der Waals surface area contributed by atoms with Gasteiger partial charge in [-0.25, -0.2) is 14.8 Å². The van der Waals surface area contributed by atoms with Crippen molar-refractivity contribution >= 4 is 40.1 Å². The Hall–Kier alpha value is -3.62. The van der Waals surface area contributed by atoms with Crippen LogP contribution in [-0.2, 0) is 16.1 Å². The van der Waals surface area contributed by atoms with Crippen LogP contribution in [0, 0.1) is 19.8 Å². The van der Waals surface area contributed by atoms with Gasteiger partial charge in [-0.2, -0.15) is 0 Å². The lowest BCUT2D eigenvalue weighted by molar-refractivity contribution is -0.151. The quantitative estimate of drug-likeness (QED) is 0.294. The number of aromatic nitrogens is 3. The number of benzene rings is 2. The lowest BCUT2D eigenvalue weighted by atomic mass is 9.87. The Labute approximate surface area is 225 Å². The van der Waals surface area contributed by atoms with Crippen LogP contribution in [0.5, 0.6) is 5.75 Å². The number of nitrogens with zero attached hydrogens (tertiary/aromatic N) is 4. The Morgan fingerprint density at radius 2 is 1.87 bits per heavy atom. The van der Waals surface area contributed by atoms with Crippen molar-refractivity contribution in [2.75, 3.05) is 25.2 Å². The highest BCUT2D eigenvalue weighted by atomic mass is 35.5. The summed E-state index contributed by atoms with van der Waals surface area (Å²) < 4.78 is 13.7. The fourth-order valence-electron chi connectivity index (χ4n) is 5.50. The molecule has 2 aromatic carbocycles. The van der Waals surface area contributed by atoms with Crippen LogP contribution in [0.1, 0.15) is 35.8 Å². The lowest BCUT2D eigenvalue weighted by Crippen LogP contribution is -2.31. The van der Waals surface area contributed by atoms with Crippen LogP contribution in [0.25, 0.3) is 22.0 Å². The highest BCUT2D eigenvalue weighted by molar-refractivity contribution is 6.30. The standard InChI is InChI=1S/C29H29ClN4O4/c1-16-12-22-24(19-6-8-20(30)9-7-19)23(27(28(35)36)38-15-18-4-5-18)17(2)25-26(22)33(16)10-11-34(25)29-31-13-21(37-3)14-32-29/h6-9,12-14,18,27H,4-5,10-11,15H2,1-3H3,(H,35,36)/t27-/m0/s1. The third kappa shape index (κ3) is 4.18. The van der Waals surface area contributed by atoms with Crippen molar-refractivity contribution in [3.63, 3.8) is 0 Å². The molecule has 1 N–H and O–H groups in total. The first-order valence-electron chi connectivity index (χ1n) is 12.8. The Morgan fingerprint density at radius 1 is 1.16 bits per heavy atom. The number of halogens is 1. The molecule has 8 nitrogen and oxygen atoms in total. The number of hydrogen-bond acceptors (Lipinski definition) is 6. The van der Waals surface area contributed by atoms with Gasteiger partial charge in [0.25, 0.3) is 0 Å².